The molecule has 4 aliphatic heterocycles. The molecule has 0 aromatic heterocycles. The number of carbonyl (C=O) groups is 1. The number of ether oxygens (including phenoxy) is 4. The van der Waals surface area contributed by atoms with E-state index in [1.54, 1.807) is 13.0 Å². The average molecular weight is 612 g/mol. The number of aliphatic hydroxyl groups excluding tert-OH is 1. The van der Waals surface area contributed by atoms with Crippen molar-refractivity contribution in [3.8, 4) is 0 Å². The smallest absolute Gasteiger partial charge is 0.316 e. The van der Waals surface area contributed by atoms with Gasteiger partial charge >= 0.3 is 5.97 Å². The van der Waals surface area contributed by atoms with Gasteiger partial charge in [-0.05, 0) is 63.2 Å². The van der Waals surface area contributed by atoms with Crippen molar-refractivity contribution >= 4 is 11.7 Å². The van der Waals surface area contributed by atoms with Gasteiger partial charge in [0.05, 0.1) is 24.5 Å². The standard InChI is InChI=1S/C35H49NO8/c1-8-22(4)31-24(6)29(36-40-7)18-34(44-31)17-27-16-26(43-34)13-12-21(3)14-20(2)10-9-11-25-19-41-32-30(37)23(5)15-28(33(38)42-27)35(25,32)39/h8-12,15,20,24,26-28,30-32,37,39H,13-14,16-19H2,1-7H3. The third kappa shape index (κ3) is 6.27. The molecule has 0 amide bonds. The number of hydrogen-bond donors (Lipinski definition) is 2. The molecule has 4 heterocycles. The van der Waals surface area contributed by atoms with E-state index in [2.05, 4.69) is 38.1 Å². The third-order valence-corrected chi connectivity index (χ3v) is 10.0. The van der Waals surface area contributed by atoms with Crippen LogP contribution in [0.25, 0.3) is 0 Å². The molecule has 10 atom stereocenters. The minimum absolute atomic E-state index is 0.0236. The highest BCUT2D eigenvalue weighted by Gasteiger charge is 2.60. The van der Waals surface area contributed by atoms with E-state index in [0.717, 1.165) is 17.7 Å². The molecule has 9 nitrogen and oxygen atoms in total. The summed E-state index contributed by atoms with van der Waals surface area (Å²) >= 11 is 0. The molecular weight excluding hydrogens is 562 g/mol. The van der Waals surface area contributed by atoms with Crippen LogP contribution >= 0.6 is 0 Å². The van der Waals surface area contributed by atoms with Crippen molar-refractivity contribution in [2.24, 2.45) is 22.9 Å². The topological polar surface area (TPSA) is 116 Å². The van der Waals surface area contributed by atoms with Crippen LogP contribution in [-0.4, -0.2) is 77.5 Å². The van der Waals surface area contributed by atoms with Crippen molar-refractivity contribution < 1.29 is 38.8 Å². The van der Waals surface area contributed by atoms with Crippen molar-refractivity contribution in [3.05, 3.63) is 58.7 Å². The number of carbonyl (C=O) groups excluding carboxylic acids is 1. The first-order chi connectivity index (χ1) is 20.9. The van der Waals surface area contributed by atoms with Crippen molar-refractivity contribution in [2.45, 2.75) is 116 Å². The number of aliphatic hydroxyl groups is 2. The molecule has 0 saturated carbocycles. The van der Waals surface area contributed by atoms with Crippen molar-refractivity contribution in [1.29, 1.82) is 0 Å². The highest BCUT2D eigenvalue weighted by Crippen LogP contribution is 2.47. The van der Waals surface area contributed by atoms with Crippen LogP contribution in [0, 0.1) is 17.8 Å². The first-order valence-electron chi connectivity index (χ1n) is 15.9. The van der Waals surface area contributed by atoms with Crippen LogP contribution in [0.3, 0.4) is 0 Å². The Bertz CT molecular complexity index is 1300. The summed E-state index contributed by atoms with van der Waals surface area (Å²) in [4.78, 5) is 19.3. The molecular formula is C35H49NO8. The zero-order valence-electron chi connectivity index (χ0n) is 27.1. The second-order valence-corrected chi connectivity index (χ2v) is 13.4. The summed E-state index contributed by atoms with van der Waals surface area (Å²) in [6.45, 7) is 12.2. The Morgan fingerprint density at radius 3 is 2.70 bits per heavy atom. The molecule has 1 aliphatic carbocycles. The van der Waals surface area contributed by atoms with Crippen LogP contribution in [0.2, 0.25) is 0 Å². The number of allylic oxidation sites excluding steroid dienone is 5. The quantitative estimate of drug-likeness (QED) is 0.252. The summed E-state index contributed by atoms with van der Waals surface area (Å²) < 4.78 is 25.8. The first kappa shape index (κ1) is 32.8. The number of oxime groups is 1. The largest absolute Gasteiger partial charge is 0.462 e. The molecule has 44 heavy (non-hydrogen) atoms. The van der Waals surface area contributed by atoms with E-state index in [1.165, 1.54) is 12.7 Å². The van der Waals surface area contributed by atoms with Gasteiger partial charge in [-0.2, -0.15) is 0 Å². The van der Waals surface area contributed by atoms with E-state index in [0.29, 0.717) is 36.8 Å². The molecule has 10 unspecified atom stereocenters. The van der Waals surface area contributed by atoms with E-state index in [9.17, 15) is 15.0 Å². The lowest BCUT2D eigenvalue weighted by Gasteiger charge is -2.50. The molecule has 3 fully saturated rings. The number of hydrogen-bond acceptors (Lipinski definition) is 9. The molecule has 2 N–H and O–H groups in total. The highest BCUT2D eigenvalue weighted by atomic mass is 16.7. The fraction of sp³-hybridized carbons (Fsp3) is 0.657. The van der Waals surface area contributed by atoms with E-state index >= 15 is 0 Å². The van der Waals surface area contributed by atoms with Crippen LogP contribution in [-0.2, 0) is 28.6 Å². The lowest BCUT2D eigenvalue weighted by molar-refractivity contribution is -0.313. The Morgan fingerprint density at radius 2 is 1.98 bits per heavy atom. The van der Waals surface area contributed by atoms with Crippen LogP contribution in [0.4, 0.5) is 0 Å². The Kier molecular flexibility index (Phi) is 9.73. The third-order valence-electron chi connectivity index (χ3n) is 10.0. The molecule has 242 valence electrons. The van der Waals surface area contributed by atoms with E-state index in [4.69, 9.17) is 23.8 Å². The number of esters is 1. The minimum Gasteiger partial charge on any atom is -0.462 e. The van der Waals surface area contributed by atoms with Gasteiger partial charge in [0.2, 0.25) is 0 Å². The van der Waals surface area contributed by atoms with Gasteiger partial charge in [-0.3, -0.25) is 4.79 Å². The SMILES string of the molecule is CC=C(C)C1OC2(CC(=NOC)C1C)CC1CC(CC=C(C)CC(C)C=CC=C3COC4C(O)C(C)=CC(C(=O)O1)C34O)O2. The highest BCUT2D eigenvalue weighted by molar-refractivity contribution is 5.88. The van der Waals surface area contributed by atoms with Gasteiger partial charge < -0.3 is 34.0 Å². The first-order valence-corrected chi connectivity index (χ1v) is 15.9. The minimum atomic E-state index is -1.73. The van der Waals surface area contributed by atoms with Crippen LogP contribution < -0.4 is 0 Å². The van der Waals surface area contributed by atoms with Gasteiger partial charge in [-0.25, -0.2) is 0 Å². The summed E-state index contributed by atoms with van der Waals surface area (Å²) in [5.41, 5.74) is 2.51. The predicted octanol–water partition coefficient (Wildman–Crippen LogP) is 5.09. The van der Waals surface area contributed by atoms with Crippen molar-refractivity contribution in [2.75, 3.05) is 13.7 Å². The molecule has 5 aliphatic rings. The molecule has 1 spiro atoms. The van der Waals surface area contributed by atoms with Crippen LogP contribution in [0.5, 0.6) is 0 Å². The fourth-order valence-electron chi connectivity index (χ4n) is 7.48. The monoisotopic (exact) mass is 611 g/mol. The zero-order valence-corrected chi connectivity index (χ0v) is 27.1. The van der Waals surface area contributed by atoms with E-state index < -0.39 is 41.6 Å². The van der Waals surface area contributed by atoms with Gasteiger partial charge in [0.15, 0.2) is 5.79 Å². The Balaban J connectivity index is 1.55. The second-order valence-electron chi connectivity index (χ2n) is 13.4. The maximum atomic E-state index is 14.1. The van der Waals surface area contributed by atoms with E-state index in [-0.39, 0.29) is 30.7 Å². The normalized spacial score (nSPS) is 42.8. The second kappa shape index (κ2) is 13.0. The number of rotatable bonds is 2. The number of nitrogens with zero attached hydrogens (tertiary/aromatic N) is 1. The van der Waals surface area contributed by atoms with Crippen molar-refractivity contribution in [3.63, 3.8) is 0 Å². The van der Waals surface area contributed by atoms with Gasteiger partial charge in [0, 0.05) is 25.2 Å². The van der Waals surface area contributed by atoms with Crippen molar-refractivity contribution in [1.82, 2.24) is 0 Å². The molecule has 9 heteroatoms. The Morgan fingerprint density at radius 1 is 1.20 bits per heavy atom. The van der Waals surface area contributed by atoms with Gasteiger partial charge in [-0.15, -0.1) is 0 Å². The Labute approximate surface area is 261 Å². The average Bonchev–Trinajstić information content (AvgIpc) is 3.31. The maximum absolute atomic E-state index is 14.1. The molecule has 2 bridgehead atoms. The lowest BCUT2D eigenvalue weighted by atomic mass is 9.71. The van der Waals surface area contributed by atoms with Gasteiger partial charge in [0.1, 0.15) is 36.9 Å². The summed E-state index contributed by atoms with van der Waals surface area (Å²) in [6.07, 6.45) is 11.3. The van der Waals surface area contributed by atoms with Crippen LogP contribution in [0.1, 0.15) is 73.6 Å². The molecule has 3 saturated heterocycles. The Hall–Kier alpha value is -2.56. The molecule has 0 aromatic carbocycles. The molecule has 0 aromatic rings. The van der Waals surface area contributed by atoms with E-state index in [1.807, 2.05) is 32.1 Å². The predicted molar refractivity (Wildman–Crippen MR) is 167 cm³/mol. The summed E-state index contributed by atoms with van der Waals surface area (Å²) in [5, 5.41) is 27.5. The fourth-order valence-corrected chi connectivity index (χ4v) is 7.48. The number of fused-ring (bicyclic) bond motifs is 2. The lowest BCUT2D eigenvalue weighted by Crippen LogP contribution is -2.59. The summed E-state index contributed by atoms with van der Waals surface area (Å²) in [6, 6.07) is 0. The summed E-state index contributed by atoms with van der Waals surface area (Å²) in [5.74, 6) is -2.46. The summed E-state index contributed by atoms with van der Waals surface area (Å²) in [7, 11) is 1.54. The maximum Gasteiger partial charge on any atom is 0.316 e. The molecule has 0 radical (unpaired) electrons. The zero-order chi connectivity index (χ0) is 31.8. The van der Waals surface area contributed by atoms with Gasteiger partial charge in [0.25, 0.3) is 0 Å². The molecule has 5 rings (SSSR count). The van der Waals surface area contributed by atoms with Crippen LogP contribution in [0.15, 0.2) is 63.9 Å². The van der Waals surface area contributed by atoms with Gasteiger partial charge in [-0.1, -0.05) is 61.0 Å².